The fraction of sp³-hybridized carbons (Fsp3) is 0.0952. The van der Waals surface area contributed by atoms with Crippen LogP contribution in [0.2, 0.25) is 5.02 Å². The Morgan fingerprint density at radius 1 is 1.16 bits per heavy atom. The number of pyridine rings is 1. The van der Waals surface area contributed by atoms with Gasteiger partial charge < -0.3 is 5.32 Å². The highest BCUT2D eigenvalue weighted by Crippen LogP contribution is 2.41. The first kappa shape index (κ1) is 20.4. The number of halogens is 2. The number of nitrogens with zero attached hydrogens (tertiary/aromatic N) is 3. The van der Waals surface area contributed by atoms with Gasteiger partial charge in [0, 0.05) is 33.5 Å². The van der Waals surface area contributed by atoms with Crippen molar-refractivity contribution in [2.75, 3.05) is 11.0 Å². The zero-order valence-corrected chi connectivity index (χ0v) is 18.1. The minimum absolute atomic E-state index is 0.197. The summed E-state index contributed by atoms with van der Waals surface area (Å²) in [7, 11) is -3.69. The Labute approximate surface area is 187 Å². The number of fused-ring (bicyclic) bond motifs is 2. The molecule has 0 aliphatic carbocycles. The highest BCUT2D eigenvalue weighted by atomic mass is 35.5. The van der Waals surface area contributed by atoms with Crippen molar-refractivity contribution in [2.24, 2.45) is 0 Å². The van der Waals surface area contributed by atoms with Gasteiger partial charge in [-0.3, -0.25) is 9.52 Å². The molecule has 0 saturated heterocycles. The normalized spacial score (nSPS) is 15.6. The van der Waals surface area contributed by atoms with Gasteiger partial charge in [-0.25, -0.2) is 22.3 Å². The Kier molecular flexibility index (Phi) is 4.64. The van der Waals surface area contributed by atoms with Gasteiger partial charge in [-0.1, -0.05) is 11.6 Å². The third kappa shape index (κ3) is 3.57. The lowest BCUT2D eigenvalue weighted by atomic mass is 9.93. The van der Waals surface area contributed by atoms with Crippen molar-refractivity contribution < 1.29 is 17.6 Å². The topological polar surface area (TPSA) is 105 Å². The molecule has 2 N–H and O–H groups in total. The lowest BCUT2D eigenvalue weighted by Gasteiger charge is -2.19. The first-order valence-electron chi connectivity index (χ1n) is 9.41. The molecule has 0 bridgehead atoms. The smallest absolute Gasteiger partial charge is 0.252 e. The van der Waals surface area contributed by atoms with Crippen molar-refractivity contribution in [3.63, 3.8) is 0 Å². The molecule has 0 saturated carbocycles. The average molecular weight is 472 g/mol. The van der Waals surface area contributed by atoms with Crippen molar-refractivity contribution in [1.82, 2.24) is 19.9 Å². The number of benzene rings is 2. The minimum atomic E-state index is -3.69. The van der Waals surface area contributed by atoms with Crippen molar-refractivity contribution >= 4 is 38.9 Å². The summed E-state index contributed by atoms with van der Waals surface area (Å²) in [5.74, 6) is -0.951. The van der Waals surface area contributed by atoms with E-state index < -0.39 is 27.8 Å². The maximum Gasteiger partial charge on any atom is 0.252 e. The Morgan fingerprint density at radius 3 is 2.75 bits per heavy atom. The first-order chi connectivity index (χ1) is 15.2. The number of carbonyl (C=O) groups is 1. The van der Waals surface area contributed by atoms with E-state index in [0.717, 1.165) is 6.26 Å². The van der Waals surface area contributed by atoms with Crippen LogP contribution in [-0.4, -0.2) is 35.2 Å². The van der Waals surface area contributed by atoms with Crippen LogP contribution in [-0.2, 0) is 10.0 Å². The van der Waals surface area contributed by atoms with Crippen LogP contribution in [0.4, 0.5) is 10.1 Å². The molecule has 32 heavy (non-hydrogen) atoms. The van der Waals surface area contributed by atoms with E-state index in [-0.39, 0.29) is 16.3 Å². The molecule has 1 aliphatic heterocycles. The molecule has 4 aromatic rings. The summed E-state index contributed by atoms with van der Waals surface area (Å²) < 4.78 is 42.2. The maximum atomic E-state index is 13.9. The Hall–Kier alpha value is -3.50. The van der Waals surface area contributed by atoms with Crippen LogP contribution < -0.4 is 10.0 Å². The van der Waals surface area contributed by atoms with Crippen molar-refractivity contribution in [1.29, 1.82) is 0 Å². The number of hydrogen-bond donors (Lipinski definition) is 2. The molecule has 1 atom stereocenters. The standard InChI is InChI=1S/C21H15ClFN5O3S/c1-32(30,31)27-17-7-12(11-2-5-18-24-10-25-28(18)9-11)6-15-19(17)20(26-21(15)29)14-8-13(23)3-4-16(14)22/h2-10,20,27H,1H3,(H,26,29). The highest BCUT2D eigenvalue weighted by Gasteiger charge is 2.35. The van der Waals surface area contributed by atoms with Crippen molar-refractivity contribution in [2.45, 2.75) is 6.04 Å². The number of rotatable bonds is 4. The average Bonchev–Trinajstić information content (AvgIpc) is 3.32. The summed E-state index contributed by atoms with van der Waals surface area (Å²) in [6.07, 6.45) is 4.16. The predicted molar refractivity (Wildman–Crippen MR) is 118 cm³/mol. The summed E-state index contributed by atoms with van der Waals surface area (Å²) in [5.41, 5.74) is 3.09. The number of sulfonamides is 1. The summed E-state index contributed by atoms with van der Waals surface area (Å²) in [4.78, 5) is 17.0. The van der Waals surface area contributed by atoms with Gasteiger partial charge >= 0.3 is 0 Å². The van der Waals surface area contributed by atoms with Crippen LogP contribution in [0, 0.1) is 5.82 Å². The SMILES string of the molecule is CS(=O)(=O)Nc1cc(-c2ccc3ncnn3c2)cc2c1C(c1cc(F)ccc1Cl)NC2=O. The quantitative estimate of drug-likeness (QED) is 0.474. The second-order valence-electron chi connectivity index (χ2n) is 7.41. The summed E-state index contributed by atoms with van der Waals surface area (Å²) >= 11 is 6.28. The number of nitrogens with one attached hydrogen (secondary N) is 2. The molecular weight excluding hydrogens is 457 g/mol. The van der Waals surface area contributed by atoms with Crippen LogP contribution in [0.1, 0.15) is 27.5 Å². The van der Waals surface area contributed by atoms with Gasteiger partial charge in [0.2, 0.25) is 10.0 Å². The largest absolute Gasteiger partial charge is 0.341 e. The fourth-order valence-corrected chi connectivity index (χ4v) is 4.64. The monoisotopic (exact) mass is 471 g/mol. The summed E-state index contributed by atoms with van der Waals surface area (Å²) in [6.45, 7) is 0. The molecule has 0 spiro atoms. The van der Waals surface area contributed by atoms with Gasteiger partial charge in [0.05, 0.1) is 18.0 Å². The zero-order chi connectivity index (χ0) is 22.6. The summed E-state index contributed by atoms with van der Waals surface area (Å²) in [5, 5.41) is 7.14. The number of amides is 1. The third-order valence-electron chi connectivity index (χ3n) is 5.16. The highest BCUT2D eigenvalue weighted by molar-refractivity contribution is 7.92. The molecule has 5 rings (SSSR count). The second-order valence-corrected chi connectivity index (χ2v) is 9.57. The maximum absolute atomic E-state index is 13.9. The Bertz CT molecular complexity index is 1520. The predicted octanol–water partition coefficient (Wildman–Crippen LogP) is 3.39. The molecule has 0 radical (unpaired) electrons. The van der Waals surface area contributed by atoms with Gasteiger partial charge in [-0.15, -0.1) is 0 Å². The molecule has 162 valence electrons. The van der Waals surface area contributed by atoms with Gasteiger partial charge in [0.25, 0.3) is 5.91 Å². The third-order valence-corrected chi connectivity index (χ3v) is 6.10. The van der Waals surface area contributed by atoms with E-state index in [0.29, 0.717) is 27.9 Å². The van der Waals surface area contributed by atoms with Crippen LogP contribution in [0.5, 0.6) is 0 Å². The van der Waals surface area contributed by atoms with Gasteiger partial charge in [0.15, 0.2) is 5.65 Å². The number of anilines is 1. The molecule has 8 nitrogen and oxygen atoms in total. The molecule has 1 unspecified atom stereocenters. The first-order valence-corrected chi connectivity index (χ1v) is 11.7. The van der Waals surface area contributed by atoms with Gasteiger partial charge in [0.1, 0.15) is 12.1 Å². The molecule has 0 fully saturated rings. The van der Waals surface area contributed by atoms with E-state index in [1.807, 2.05) is 0 Å². The van der Waals surface area contributed by atoms with E-state index in [4.69, 9.17) is 11.6 Å². The van der Waals surface area contributed by atoms with Crippen LogP contribution in [0.15, 0.2) is 55.0 Å². The lowest BCUT2D eigenvalue weighted by molar-refractivity contribution is 0.0960. The minimum Gasteiger partial charge on any atom is -0.341 e. The summed E-state index contributed by atoms with van der Waals surface area (Å²) in [6, 6.07) is 9.83. The molecular formula is C21H15ClFN5O3S. The van der Waals surface area contributed by atoms with Crippen LogP contribution in [0.3, 0.4) is 0 Å². The van der Waals surface area contributed by atoms with Crippen molar-refractivity contribution in [3.05, 3.63) is 82.5 Å². The van der Waals surface area contributed by atoms with Crippen LogP contribution >= 0.6 is 11.6 Å². The van der Waals surface area contributed by atoms with Gasteiger partial charge in [-0.05, 0) is 48.0 Å². The van der Waals surface area contributed by atoms with Gasteiger partial charge in [-0.2, -0.15) is 5.10 Å². The molecule has 1 amide bonds. The fourth-order valence-electron chi connectivity index (χ4n) is 3.84. The van der Waals surface area contributed by atoms with E-state index in [9.17, 15) is 17.6 Å². The molecule has 3 heterocycles. The molecule has 2 aromatic heterocycles. The van der Waals surface area contributed by atoms with E-state index in [2.05, 4.69) is 20.1 Å². The van der Waals surface area contributed by atoms with E-state index in [1.165, 1.54) is 24.5 Å². The Morgan fingerprint density at radius 2 is 1.97 bits per heavy atom. The number of hydrogen-bond acceptors (Lipinski definition) is 5. The van der Waals surface area contributed by atoms with E-state index in [1.54, 1.807) is 35.0 Å². The molecule has 1 aliphatic rings. The number of carbonyl (C=O) groups excluding carboxylic acids is 1. The second kappa shape index (κ2) is 7.28. The molecule has 2 aromatic carbocycles. The van der Waals surface area contributed by atoms with E-state index >= 15 is 0 Å². The lowest BCUT2D eigenvalue weighted by Crippen LogP contribution is -2.21. The Balaban J connectivity index is 1.73. The number of aromatic nitrogens is 3. The molecule has 11 heteroatoms. The van der Waals surface area contributed by atoms with Crippen molar-refractivity contribution in [3.8, 4) is 11.1 Å². The van der Waals surface area contributed by atoms with Crippen LogP contribution in [0.25, 0.3) is 16.8 Å². The zero-order valence-electron chi connectivity index (χ0n) is 16.5.